The molecule has 10 heteroatoms. The minimum atomic E-state index is -3.55. The van der Waals surface area contributed by atoms with E-state index in [0.29, 0.717) is 23.0 Å². The Morgan fingerprint density at radius 2 is 2.00 bits per heavy atom. The molecule has 1 aromatic heterocycles. The van der Waals surface area contributed by atoms with E-state index in [1.54, 1.807) is 0 Å². The van der Waals surface area contributed by atoms with Crippen molar-refractivity contribution < 1.29 is 23.1 Å². The maximum absolute atomic E-state index is 12.6. The second kappa shape index (κ2) is 5.84. The number of anilines is 1. The fourth-order valence-corrected chi connectivity index (χ4v) is 6.90. The van der Waals surface area contributed by atoms with Crippen LogP contribution < -0.4 is 4.90 Å². The molecule has 0 aliphatic carbocycles. The van der Waals surface area contributed by atoms with Crippen molar-refractivity contribution in [3.63, 3.8) is 0 Å². The summed E-state index contributed by atoms with van der Waals surface area (Å²) in [5, 5.41) is 8.92. The average molecular weight is 362 g/mol. The SMILES string of the molecule is O=C(O)CN1C(=O)CSc2sc(S(=O)(=O)N3CCCC3)cc21. The molecule has 0 aromatic carbocycles. The topological polar surface area (TPSA) is 95.0 Å². The van der Waals surface area contributed by atoms with Crippen molar-refractivity contribution in [3.05, 3.63) is 6.07 Å². The van der Waals surface area contributed by atoms with Crippen LogP contribution in [0, 0.1) is 0 Å². The van der Waals surface area contributed by atoms with Gasteiger partial charge in [0.2, 0.25) is 5.91 Å². The number of sulfonamides is 1. The number of carboxylic acids is 1. The number of thioether (sulfide) groups is 1. The zero-order chi connectivity index (χ0) is 15.9. The zero-order valence-electron chi connectivity index (χ0n) is 11.5. The van der Waals surface area contributed by atoms with Crippen LogP contribution in [-0.2, 0) is 19.6 Å². The van der Waals surface area contributed by atoms with Gasteiger partial charge in [0.25, 0.3) is 10.0 Å². The Kier molecular flexibility index (Phi) is 4.19. The molecular formula is C12H14N2O5S3. The molecule has 3 rings (SSSR count). The number of thiophene rings is 1. The Bertz CT molecular complexity index is 721. The van der Waals surface area contributed by atoms with Crippen molar-refractivity contribution in [1.82, 2.24) is 4.31 Å². The van der Waals surface area contributed by atoms with Gasteiger partial charge in [-0.3, -0.25) is 14.5 Å². The van der Waals surface area contributed by atoms with Crippen LogP contribution in [0.3, 0.4) is 0 Å². The van der Waals surface area contributed by atoms with Crippen LogP contribution in [0.1, 0.15) is 12.8 Å². The van der Waals surface area contributed by atoms with E-state index >= 15 is 0 Å². The second-order valence-electron chi connectivity index (χ2n) is 5.01. The normalized spacial score (nSPS) is 19.5. The lowest BCUT2D eigenvalue weighted by atomic mass is 10.4. The molecule has 1 N–H and O–H groups in total. The van der Waals surface area contributed by atoms with E-state index < -0.39 is 22.5 Å². The summed E-state index contributed by atoms with van der Waals surface area (Å²) in [6.07, 6.45) is 1.70. The van der Waals surface area contributed by atoms with Crippen LogP contribution in [0.5, 0.6) is 0 Å². The highest BCUT2D eigenvalue weighted by atomic mass is 32.3. The Balaban J connectivity index is 1.97. The maximum atomic E-state index is 12.6. The lowest BCUT2D eigenvalue weighted by Gasteiger charge is -2.24. The third kappa shape index (κ3) is 2.75. The number of hydrogen-bond donors (Lipinski definition) is 1. The Morgan fingerprint density at radius 1 is 1.32 bits per heavy atom. The predicted octanol–water partition coefficient (Wildman–Crippen LogP) is 1.06. The molecule has 0 atom stereocenters. The average Bonchev–Trinajstić information content (AvgIpc) is 3.10. The van der Waals surface area contributed by atoms with Gasteiger partial charge in [-0.2, -0.15) is 4.31 Å². The zero-order valence-corrected chi connectivity index (χ0v) is 14.0. The highest BCUT2D eigenvalue weighted by molar-refractivity contribution is 8.02. The number of nitrogens with zero attached hydrogens (tertiary/aromatic N) is 2. The fraction of sp³-hybridized carbons (Fsp3) is 0.500. The van der Waals surface area contributed by atoms with Crippen LogP contribution in [0.15, 0.2) is 14.5 Å². The number of carboxylic acid groups (broad SMARTS) is 1. The molecule has 1 fully saturated rings. The van der Waals surface area contributed by atoms with Gasteiger partial charge in [0.15, 0.2) is 0 Å². The largest absolute Gasteiger partial charge is 0.480 e. The van der Waals surface area contributed by atoms with E-state index in [0.717, 1.165) is 29.1 Å². The third-order valence-electron chi connectivity index (χ3n) is 3.53. The summed E-state index contributed by atoms with van der Waals surface area (Å²) in [5.74, 6) is -1.31. The van der Waals surface area contributed by atoms with E-state index in [-0.39, 0.29) is 15.9 Å². The molecule has 120 valence electrons. The van der Waals surface area contributed by atoms with Gasteiger partial charge >= 0.3 is 5.97 Å². The minimum Gasteiger partial charge on any atom is -0.480 e. The van der Waals surface area contributed by atoms with Crippen LogP contribution in [-0.4, -0.2) is 55.1 Å². The van der Waals surface area contributed by atoms with Crippen LogP contribution >= 0.6 is 23.1 Å². The number of aliphatic carboxylic acids is 1. The van der Waals surface area contributed by atoms with Gasteiger partial charge < -0.3 is 5.11 Å². The first-order valence-electron chi connectivity index (χ1n) is 6.68. The molecule has 22 heavy (non-hydrogen) atoms. The van der Waals surface area contributed by atoms with Gasteiger partial charge in [-0.1, -0.05) is 0 Å². The van der Waals surface area contributed by atoms with Gasteiger partial charge in [0.1, 0.15) is 10.8 Å². The smallest absolute Gasteiger partial charge is 0.323 e. The van der Waals surface area contributed by atoms with Crippen LogP contribution in [0.25, 0.3) is 0 Å². The first-order chi connectivity index (χ1) is 10.4. The van der Waals surface area contributed by atoms with E-state index in [4.69, 9.17) is 5.11 Å². The third-order valence-corrected chi connectivity index (χ3v) is 8.26. The molecule has 3 heterocycles. The van der Waals surface area contributed by atoms with Gasteiger partial charge in [0, 0.05) is 13.1 Å². The Labute approximate surface area is 136 Å². The number of fused-ring (bicyclic) bond motifs is 1. The molecule has 1 amide bonds. The number of carbonyl (C=O) groups is 2. The monoisotopic (exact) mass is 362 g/mol. The molecule has 1 aromatic rings. The molecule has 2 aliphatic rings. The number of carbonyl (C=O) groups excluding carboxylic acids is 1. The maximum Gasteiger partial charge on any atom is 0.323 e. The number of amides is 1. The van der Waals surface area contributed by atoms with Crippen LogP contribution in [0.4, 0.5) is 5.69 Å². The predicted molar refractivity (Wildman–Crippen MR) is 83.0 cm³/mol. The second-order valence-corrected chi connectivity index (χ2v) is 9.47. The Hall–Kier alpha value is -1.10. The molecule has 0 unspecified atom stereocenters. The lowest BCUT2D eigenvalue weighted by Crippen LogP contribution is -2.38. The number of hydrogen-bond acceptors (Lipinski definition) is 6. The van der Waals surface area contributed by atoms with Crippen molar-refractivity contribution in [1.29, 1.82) is 0 Å². The molecule has 7 nitrogen and oxygen atoms in total. The Morgan fingerprint density at radius 3 is 2.64 bits per heavy atom. The lowest BCUT2D eigenvalue weighted by molar-refractivity contribution is -0.136. The summed E-state index contributed by atoms with van der Waals surface area (Å²) in [6, 6.07) is 1.43. The van der Waals surface area contributed by atoms with E-state index in [1.165, 1.54) is 22.1 Å². The summed E-state index contributed by atoms with van der Waals surface area (Å²) >= 11 is 2.37. The molecule has 1 saturated heterocycles. The highest BCUT2D eigenvalue weighted by Gasteiger charge is 2.34. The van der Waals surface area contributed by atoms with Crippen LogP contribution in [0.2, 0.25) is 0 Å². The quantitative estimate of drug-likeness (QED) is 0.860. The van der Waals surface area contributed by atoms with Gasteiger partial charge in [-0.15, -0.1) is 23.1 Å². The summed E-state index contributed by atoms with van der Waals surface area (Å²) in [4.78, 5) is 24.0. The molecule has 2 aliphatic heterocycles. The van der Waals surface area contributed by atoms with Crippen molar-refractivity contribution in [2.24, 2.45) is 0 Å². The van der Waals surface area contributed by atoms with Gasteiger partial charge in [-0.25, -0.2) is 8.42 Å². The van der Waals surface area contributed by atoms with Crippen molar-refractivity contribution >= 4 is 50.7 Å². The first-order valence-corrected chi connectivity index (χ1v) is 9.93. The number of rotatable bonds is 4. The van der Waals surface area contributed by atoms with E-state index in [1.807, 2.05) is 0 Å². The molecule has 0 bridgehead atoms. The van der Waals surface area contributed by atoms with E-state index in [9.17, 15) is 18.0 Å². The summed E-state index contributed by atoms with van der Waals surface area (Å²) in [6.45, 7) is 0.567. The van der Waals surface area contributed by atoms with E-state index in [2.05, 4.69) is 0 Å². The van der Waals surface area contributed by atoms with Crippen molar-refractivity contribution in [3.8, 4) is 0 Å². The standard InChI is InChI=1S/C12H14N2O5S3/c15-9-7-20-12-8(14(9)6-10(16)17)5-11(21-12)22(18,19)13-3-1-2-4-13/h5H,1-4,6-7H2,(H,16,17). The summed E-state index contributed by atoms with van der Waals surface area (Å²) in [5.41, 5.74) is 0.395. The molecule has 0 radical (unpaired) electrons. The van der Waals surface area contributed by atoms with Crippen molar-refractivity contribution in [2.45, 2.75) is 21.3 Å². The fourth-order valence-electron chi connectivity index (χ4n) is 2.47. The van der Waals surface area contributed by atoms with Gasteiger partial charge in [0.05, 0.1) is 15.6 Å². The summed E-state index contributed by atoms with van der Waals surface area (Å²) < 4.78 is 27.4. The highest BCUT2D eigenvalue weighted by Crippen LogP contribution is 2.44. The summed E-state index contributed by atoms with van der Waals surface area (Å²) in [7, 11) is -3.55. The molecular weight excluding hydrogens is 348 g/mol. The molecule has 0 spiro atoms. The minimum absolute atomic E-state index is 0.129. The molecule has 0 saturated carbocycles. The van der Waals surface area contributed by atoms with Gasteiger partial charge in [-0.05, 0) is 18.9 Å². The van der Waals surface area contributed by atoms with Crippen molar-refractivity contribution in [2.75, 3.05) is 30.3 Å². The first kappa shape index (κ1) is 15.8.